The summed E-state index contributed by atoms with van der Waals surface area (Å²) in [7, 11) is 4.61. The molecule has 0 spiro atoms. The zero-order valence-corrected chi connectivity index (χ0v) is 19.4. The van der Waals surface area contributed by atoms with E-state index in [-0.39, 0.29) is 0 Å². The minimum absolute atomic E-state index is 0.306. The first-order chi connectivity index (χ1) is 15.5. The number of carbonyl (C=O) groups excluding carboxylic acids is 1. The van der Waals surface area contributed by atoms with Gasteiger partial charge in [-0.15, -0.1) is 0 Å². The van der Waals surface area contributed by atoms with Crippen LogP contribution < -0.4 is 19.8 Å². The Morgan fingerprint density at radius 3 is 2.31 bits per heavy atom. The molecule has 0 saturated heterocycles. The van der Waals surface area contributed by atoms with E-state index in [1.807, 2.05) is 34.9 Å². The number of rotatable bonds is 6. The number of nitrogens with zero attached hydrogens (tertiary/aromatic N) is 2. The largest absolute Gasteiger partial charge is 0.493 e. The first-order valence-corrected chi connectivity index (χ1v) is 10.6. The molecule has 0 fully saturated rings. The van der Waals surface area contributed by atoms with Crippen molar-refractivity contribution in [3.63, 3.8) is 0 Å². The molecule has 4 rings (SSSR count). The van der Waals surface area contributed by atoms with Gasteiger partial charge in [0.25, 0.3) is 11.5 Å². The number of fused-ring (bicyclic) bond motifs is 1. The van der Waals surface area contributed by atoms with E-state index in [0.29, 0.717) is 39.5 Å². The molecule has 8 heteroatoms. The van der Waals surface area contributed by atoms with Crippen LogP contribution >= 0.6 is 15.9 Å². The molecule has 0 saturated carbocycles. The number of ether oxygens (including phenoxy) is 3. The van der Waals surface area contributed by atoms with Crippen molar-refractivity contribution in [1.29, 1.82) is 0 Å². The van der Waals surface area contributed by atoms with Crippen LogP contribution in [0, 0.1) is 0 Å². The van der Waals surface area contributed by atoms with E-state index in [4.69, 9.17) is 14.2 Å². The summed E-state index contributed by atoms with van der Waals surface area (Å²) in [6.07, 6.45) is 1.46. The van der Waals surface area contributed by atoms with Gasteiger partial charge in [0.2, 0.25) is 5.75 Å². The summed E-state index contributed by atoms with van der Waals surface area (Å²) in [5, 5.41) is 0.724. The Morgan fingerprint density at radius 2 is 1.66 bits per heavy atom. The van der Waals surface area contributed by atoms with E-state index in [2.05, 4.69) is 15.9 Å². The van der Waals surface area contributed by atoms with E-state index in [1.54, 1.807) is 24.3 Å². The van der Waals surface area contributed by atoms with E-state index in [9.17, 15) is 9.59 Å². The SMILES string of the molecule is COc1cc2cc(C(=O)n3cccc(Br)c3=O)n(Cc3ccccc3)c2c(OC)c1OC. The summed E-state index contributed by atoms with van der Waals surface area (Å²) in [5.74, 6) is 0.891. The molecule has 7 nitrogen and oxygen atoms in total. The Labute approximate surface area is 192 Å². The molecule has 0 N–H and O–H groups in total. The Hall–Kier alpha value is -3.52. The molecule has 2 aromatic heterocycles. The lowest BCUT2D eigenvalue weighted by Gasteiger charge is -2.16. The predicted molar refractivity (Wildman–Crippen MR) is 125 cm³/mol. The molecule has 0 aliphatic rings. The zero-order valence-electron chi connectivity index (χ0n) is 17.8. The molecular formula is C24H21BrN2O5. The highest BCUT2D eigenvalue weighted by atomic mass is 79.9. The maximum atomic E-state index is 13.5. The number of hydrogen-bond acceptors (Lipinski definition) is 5. The molecule has 164 valence electrons. The van der Waals surface area contributed by atoms with E-state index >= 15 is 0 Å². The van der Waals surface area contributed by atoms with Crippen LogP contribution in [0.25, 0.3) is 10.9 Å². The van der Waals surface area contributed by atoms with Crippen LogP contribution in [-0.4, -0.2) is 36.4 Å². The van der Waals surface area contributed by atoms with Crippen molar-refractivity contribution in [3.8, 4) is 17.2 Å². The second kappa shape index (κ2) is 8.92. The van der Waals surface area contributed by atoms with Gasteiger partial charge in [0.1, 0.15) is 5.69 Å². The van der Waals surface area contributed by atoms with Crippen molar-refractivity contribution in [2.24, 2.45) is 0 Å². The van der Waals surface area contributed by atoms with Crippen molar-refractivity contribution in [3.05, 3.63) is 86.9 Å². The smallest absolute Gasteiger partial charge is 0.281 e. The summed E-state index contributed by atoms with van der Waals surface area (Å²) in [4.78, 5) is 26.1. The van der Waals surface area contributed by atoms with Crippen LogP contribution in [0.1, 0.15) is 16.1 Å². The van der Waals surface area contributed by atoms with Gasteiger partial charge in [0.15, 0.2) is 11.5 Å². The third kappa shape index (κ3) is 3.67. The van der Waals surface area contributed by atoms with Gasteiger partial charge in [-0.1, -0.05) is 30.3 Å². The fourth-order valence-electron chi connectivity index (χ4n) is 3.75. The standard InChI is InChI=1S/C24H21BrN2O5/c1-30-19-13-16-12-18(24(29)26-11-7-10-17(25)23(26)28)27(14-15-8-5-4-6-9-15)20(16)22(32-3)21(19)31-2/h4-13H,14H2,1-3H3. The predicted octanol–water partition coefficient (Wildman–Crippen LogP) is 4.33. The minimum atomic E-state index is -0.455. The summed E-state index contributed by atoms with van der Waals surface area (Å²) in [5.41, 5.74) is 1.55. The fourth-order valence-corrected chi connectivity index (χ4v) is 4.10. The molecule has 0 amide bonds. The number of hydrogen-bond donors (Lipinski definition) is 0. The fraction of sp³-hybridized carbons (Fsp3) is 0.167. The molecule has 4 aromatic rings. The van der Waals surface area contributed by atoms with E-state index in [0.717, 1.165) is 15.5 Å². The molecule has 0 atom stereocenters. The van der Waals surface area contributed by atoms with E-state index in [1.165, 1.54) is 27.5 Å². The third-order valence-electron chi connectivity index (χ3n) is 5.21. The molecule has 0 aliphatic heterocycles. The number of halogens is 1. The minimum Gasteiger partial charge on any atom is -0.493 e. The zero-order chi connectivity index (χ0) is 22.8. The van der Waals surface area contributed by atoms with Crippen LogP contribution in [0.2, 0.25) is 0 Å². The van der Waals surface area contributed by atoms with Crippen molar-refractivity contribution >= 4 is 32.7 Å². The van der Waals surface area contributed by atoms with Crippen molar-refractivity contribution < 1.29 is 19.0 Å². The van der Waals surface area contributed by atoms with Crippen LogP contribution in [0.4, 0.5) is 0 Å². The molecular weight excluding hydrogens is 476 g/mol. The van der Waals surface area contributed by atoms with Crippen molar-refractivity contribution in [2.75, 3.05) is 21.3 Å². The second-order valence-electron chi connectivity index (χ2n) is 7.02. The van der Waals surface area contributed by atoms with Gasteiger partial charge in [0.05, 0.1) is 31.3 Å². The average molecular weight is 497 g/mol. The Balaban J connectivity index is 2.03. The molecule has 2 aromatic carbocycles. The van der Waals surface area contributed by atoms with Gasteiger partial charge >= 0.3 is 0 Å². The van der Waals surface area contributed by atoms with Gasteiger partial charge in [-0.2, -0.15) is 0 Å². The lowest BCUT2D eigenvalue weighted by Crippen LogP contribution is -2.28. The molecule has 0 unspecified atom stereocenters. The summed E-state index contributed by atoms with van der Waals surface area (Å²) >= 11 is 3.21. The maximum absolute atomic E-state index is 13.5. The topological polar surface area (TPSA) is 71.7 Å². The lowest BCUT2D eigenvalue weighted by atomic mass is 10.2. The first-order valence-electron chi connectivity index (χ1n) is 9.78. The van der Waals surface area contributed by atoms with Gasteiger partial charge in [-0.3, -0.25) is 9.59 Å². The third-order valence-corrected chi connectivity index (χ3v) is 5.81. The van der Waals surface area contributed by atoms with Crippen LogP contribution in [0.3, 0.4) is 0 Å². The highest BCUT2D eigenvalue weighted by Gasteiger charge is 2.25. The quantitative estimate of drug-likeness (QED) is 0.397. The number of benzene rings is 2. The molecule has 0 aliphatic carbocycles. The molecule has 32 heavy (non-hydrogen) atoms. The van der Waals surface area contributed by atoms with Gasteiger partial charge in [-0.25, -0.2) is 4.57 Å². The summed E-state index contributed by atoms with van der Waals surface area (Å²) in [6, 6.07) is 16.5. The highest BCUT2D eigenvalue weighted by molar-refractivity contribution is 9.10. The maximum Gasteiger partial charge on any atom is 0.281 e. The van der Waals surface area contributed by atoms with Crippen LogP contribution in [0.15, 0.2) is 70.1 Å². The van der Waals surface area contributed by atoms with Crippen LogP contribution in [0.5, 0.6) is 17.2 Å². The number of methoxy groups -OCH3 is 3. The number of aromatic nitrogens is 2. The molecule has 0 radical (unpaired) electrons. The average Bonchev–Trinajstić information content (AvgIpc) is 3.17. The van der Waals surface area contributed by atoms with E-state index < -0.39 is 11.5 Å². The molecule has 2 heterocycles. The normalized spacial score (nSPS) is 10.9. The first kappa shape index (κ1) is 21.7. The van der Waals surface area contributed by atoms with Crippen molar-refractivity contribution in [2.45, 2.75) is 6.54 Å². The summed E-state index contributed by atoms with van der Waals surface area (Å²) < 4.78 is 19.9. The van der Waals surface area contributed by atoms with Gasteiger partial charge < -0.3 is 18.8 Å². The highest BCUT2D eigenvalue weighted by Crippen LogP contribution is 2.44. The second-order valence-corrected chi connectivity index (χ2v) is 7.88. The Morgan fingerprint density at radius 1 is 0.938 bits per heavy atom. The lowest BCUT2D eigenvalue weighted by molar-refractivity contribution is 0.0947. The monoisotopic (exact) mass is 496 g/mol. The number of carbonyl (C=O) groups is 1. The number of pyridine rings is 1. The molecule has 0 bridgehead atoms. The van der Waals surface area contributed by atoms with Gasteiger partial charge in [-0.05, 0) is 45.8 Å². The van der Waals surface area contributed by atoms with Crippen LogP contribution in [-0.2, 0) is 6.54 Å². The Kier molecular flexibility index (Phi) is 6.05. The van der Waals surface area contributed by atoms with Crippen molar-refractivity contribution in [1.82, 2.24) is 9.13 Å². The summed E-state index contributed by atoms with van der Waals surface area (Å²) in [6.45, 7) is 0.389. The Bertz CT molecular complexity index is 1360. The van der Waals surface area contributed by atoms with Gasteiger partial charge in [0, 0.05) is 18.1 Å².